The minimum atomic E-state index is -0.218. The van der Waals surface area contributed by atoms with Gasteiger partial charge in [0.05, 0.1) is 29.1 Å². The maximum Gasteiger partial charge on any atom is 0.0835 e. The third-order valence-corrected chi connectivity index (χ3v) is 3.09. The Kier molecular flexibility index (Phi) is 5.95. The van der Waals surface area contributed by atoms with Gasteiger partial charge in [-0.15, -0.1) is 0 Å². The molecule has 1 aromatic rings. The van der Waals surface area contributed by atoms with Crippen molar-refractivity contribution < 1.29 is 4.74 Å². The van der Waals surface area contributed by atoms with Crippen molar-refractivity contribution in [2.45, 2.75) is 52.3 Å². The normalized spacial score (nSPS) is 14.9. The van der Waals surface area contributed by atoms with Gasteiger partial charge >= 0.3 is 0 Å². The minimum Gasteiger partial charge on any atom is -0.376 e. The van der Waals surface area contributed by atoms with Gasteiger partial charge in [-0.3, -0.25) is 4.68 Å². The van der Waals surface area contributed by atoms with Crippen molar-refractivity contribution in [1.29, 1.82) is 0 Å². The van der Waals surface area contributed by atoms with E-state index in [4.69, 9.17) is 22.1 Å². The van der Waals surface area contributed by atoms with Crippen LogP contribution in [0.4, 0.5) is 0 Å². The number of nitrogens with zero attached hydrogens (tertiary/aromatic N) is 2. The molecule has 0 aliphatic carbocycles. The predicted octanol–water partition coefficient (Wildman–Crippen LogP) is 2.76. The van der Waals surface area contributed by atoms with Crippen molar-refractivity contribution in [3.05, 3.63) is 16.9 Å². The van der Waals surface area contributed by atoms with E-state index in [0.717, 1.165) is 25.1 Å². The quantitative estimate of drug-likeness (QED) is 0.819. The first-order valence-corrected chi connectivity index (χ1v) is 6.61. The lowest BCUT2D eigenvalue weighted by Crippen LogP contribution is -2.31. The molecule has 0 aromatic carbocycles. The summed E-state index contributed by atoms with van der Waals surface area (Å²) in [4.78, 5) is 0. The van der Waals surface area contributed by atoms with Gasteiger partial charge in [-0.2, -0.15) is 5.10 Å². The standard InChI is InChI=1S/C12H22ClN3O/c1-4-7-10(17-6-3)11(14)12-9(13)8-15-16(12)5-2/h8,10-11H,4-7,14H2,1-3H3. The molecule has 0 saturated carbocycles. The average Bonchev–Trinajstić information content (AvgIpc) is 2.69. The molecule has 17 heavy (non-hydrogen) atoms. The van der Waals surface area contributed by atoms with E-state index in [1.54, 1.807) is 6.20 Å². The summed E-state index contributed by atoms with van der Waals surface area (Å²) in [5.74, 6) is 0. The number of aryl methyl sites for hydroxylation is 1. The number of aromatic nitrogens is 2. The second kappa shape index (κ2) is 6.99. The highest BCUT2D eigenvalue weighted by molar-refractivity contribution is 6.31. The lowest BCUT2D eigenvalue weighted by molar-refractivity contribution is 0.0355. The summed E-state index contributed by atoms with van der Waals surface area (Å²) in [6, 6.07) is -0.218. The highest BCUT2D eigenvalue weighted by atomic mass is 35.5. The van der Waals surface area contributed by atoms with Crippen LogP contribution in [0.5, 0.6) is 0 Å². The monoisotopic (exact) mass is 259 g/mol. The highest BCUT2D eigenvalue weighted by Crippen LogP contribution is 2.26. The van der Waals surface area contributed by atoms with E-state index in [2.05, 4.69) is 12.0 Å². The second-order valence-electron chi connectivity index (χ2n) is 4.00. The van der Waals surface area contributed by atoms with Crippen molar-refractivity contribution >= 4 is 11.6 Å². The van der Waals surface area contributed by atoms with Crippen LogP contribution in [0.3, 0.4) is 0 Å². The predicted molar refractivity (Wildman–Crippen MR) is 70.2 cm³/mol. The Morgan fingerprint density at radius 2 is 2.18 bits per heavy atom. The number of hydrogen-bond acceptors (Lipinski definition) is 3. The first-order chi connectivity index (χ1) is 8.15. The lowest BCUT2D eigenvalue weighted by atomic mass is 10.0. The van der Waals surface area contributed by atoms with E-state index in [1.165, 1.54) is 0 Å². The van der Waals surface area contributed by atoms with Crippen LogP contribution in [-0.4, -0.2) is 22.5 Å². The first kappa shape index (κ1) is 14.5. The Morgan fingerprint density at radius 1 is 1.47 bits per heavy atom. The van der Waals surface area contributed by atoms with Crippen LogP contribution in [0.15, 0.2) is 6.20 Å². The van der Waals surface area contributed by atoms with Gasteiger partial charge in [-0.25, -0.2) is 0 Å². The van der Waals surface area contributed by atoms with Crippen LogP contribution < -0.4 is 5.73 Å². The molecule has 0 bridgehead atoms. The molecule has 1 aromatic heterocycles. The zero-order valence-corrected chi connectivity index (χ0v) is 11.6. The third-order valence-electron chi connectivity index (χ3n) is 2.80. The van der Waals surface area contributed by atoms with Crippen LogP contribution in [-0.2, 0) is 11.3 Å². The summed E-state index contributed by atoms with van der Waals surface area (Å²) in [6.07, 6.45) is 3.62. The van der Waals surface area contributed by atoms with Crippen molar-refractivity contribution in [2.75, 3.05) is 6.61 Å². The lowest BCUT2D eigenvalue weighted by Gasteiger charge is -2.24. The molecule has 0 aliphatic heterocycles. The zero-order valence-electron chi connectivity index (χ0n) is 10.8. The van der Waals surface area contributed by atoms with Crippen molar-refractivity contribution in [1.82, 2.24) is 9.78 Å². The molecule has 5 heteroatoms. The van der Waals surface area contributed by atoms with E-state index < -0.39 is 0 Å². The Labute approximate surface area is 108 Å². The second-order valence-corrected chi connectivity index (χ2v) is 4.41. The smallest absolute Gasteiger partial charge is 0.0835 e. The molecule has 0 aliphatic rings. The summed E-state index contributed by atoms with van der Waals surface area (Å²) < 4.78 is 7.54. The molecule has 1 rings (SSSR count). The summed E-state index contributed by atoms with van der Waals surface area (Å²) in [6.45, 7) is 7.55. The summed E-state index contributed by atoms with van der Waals surface area (Å²) in [5, 5.41) is 4.83. The maximum absolute atomic E-state index is 6.26. The fraction of sp³-hybridized carbons (Fsp3) is 0.750. The Bertz CT molecular complexity index is 334. The van der Waals surface area contributed by atoms with Gasteiger partial charge in [0, 0.05) is 13.2 Å². The van der Waals surface area contributed by atoms with Gasteiger partial charge < -0.3 is 10.5 Å². The number of halogens is 1. The molecule has 2 atom stereocenters. The molecule has 0 saturated heterocycles. The molecule has 0 amide bonds. The fourth-order valence-corrected chi connectivity index (χ4v) is 2.26. The maximum atomic E-state index is 6.26. The van der Waals surface area contributed by atoms with E-state index in [-0.39, 0.29) is 12.1 Å². The Balaban J connectivity index is 2.90. The summed E-state index contributed by atoms with van der Waals surface area (Å²) in [5.41, 5.74) is 7.14. The first-order valence-electron chi connectivity index (χ1n) is 6.23. The molecule has 0 spiro atoms. The molecular weight excluding hydrogens is 238 g/mol. The minimum absolute atomic E-state index is 0.00417. The van der Waals surface area contributed by atoms with Gasteiger partial charge in [-0.1, -0.05) is 24.9 Å². The molecule has 4 nitrogen and oxygen atoms in total. The zero-order chi connectivity index (χ0) is 12.8. The average molecular weight is 260 g/mol. The molecule has 98 valence electrons. The van der Waals surface area contributed by atoms with E-state index >= 15 is 0 Å². The molecule has 1 heterocycles. The third kappa shape index (κ3) is 3.44. The SMILES string of the molecule is CCCC(OCC)C(N)c1c(Cl)cnn1CC. The summed E-state index contributed by atoms with van der Waals surface area (Å²) >= 11 is 6.14. The van der Waals surface area contributed by atoms with Gasteiger partial charge in [0.2, 0.25) is 0 Å². The number of hydrogen-bond donors (Lipinski definition) is 1. The molecule has 0 fully saturated rings. The Hall–Kier alpha value is -0.580. The largest absolute Gasteiger partial charge is 0.376 e. The molecule has 0 radical (unpaired) electrons. The van der Waals surface area contributed by atoms with Crippen LogP contribution in [0.2, 0.25) is 5.02 Å². The van der Waals surface area contributed by atoms with Gasteiger partial charge in [0.1, 0.15) is 0 Å². The van der Waals surface area contributed by atoms with Crippen molar-refractivity contribution in [3.63, 3.8) is 0 Å². The van der Waals surface area contributed by atoms with E-state index in [9.17, 15) is 0 Å². The molecule has 2 unspecified atom stereocenters. The van der Waals surface area contributed by atoms with Gasteiger partial charge in [-0.05, 0) is 20.3 Å². The van der Waals surface area contributed by atoms with Crippen LogP contribution >= 0.6 is 11.6 Å². The van der Waals surface area contributed by atoms with Crippen LogP contribution in [0.1, 0.15) is 45.3 Å². The molecule has 2 N–H and O–H groups in total. The summed E-state index contributed by atoms with van der Waals surface area (Å²) in [7, 11) is 0. The number of rotatable bonds is 7. The number of nitrogens with two attached hydrogens (primary N) is 1. The van der Waals surface area contributed by atoms with E-state index in [0.29, 0.717) is 11.6 Å². The topological polar surface area (TPSA) is 53.1 Å². The van der Waals surface area contributed by atoms with Gasteiger partial charge in [0.15, 0.2) is 0 Å². The fourth-order valence-electron chi connectivity index (χ4n) is 2.00. The van der Waals surface area contributed by atoms with Crippen LogP contribution in [0, 0.1) is 0 Å². The Morgan fingerprint density at radius 3 is 2.71 bits per heavy atom. The van der Waals surface area contributed by atoms with Gasteiger partial charge in [0.25, 0.3) is 0 Å². The molecular formula is C12H22ClN3O. The highest BCUT2D eigenvalue weighted by Gasteiger charge is 2.24. The van der Waals surface area contributed by atoms with E-state index in [1.807, 2.05) is 18.5 Å². The number of ether oxygens (including phenoxy) is 1. The van der Waals surface area contributed by atoms with Crippen molar-refractivity contribution in [2.24, 2.45) is 5.73 Å². The van der Waals surface area contributed by atoms with Crippen LogP contribution in [0.25, 0.3) is 0 Å². The van der Waals surface area contributed by atoms with Crippen molar-refractivity contribution in [3.8, 4) is 0 Å².